The highest BCUT2D eigenvalue weighted by Crippen LogP contribution is 2.30. The normalized spacial score (nSPS) is 14.1. The summed E-state index contributed by atoms with van der Waals surface area (Å²) < 4.78 is 0. The van der Waals surface area contributed by atoms with Crippen molar-refractivity contribution in [2.45, 2.75) is 6.92 Å². The van der Waals surface area contributed by atoms with Gasteiger partial charge >= 0.3 is 0 Å². The van der Waals surface area contributed by atoms with Crippen molar-refractivity contribution in [3.8, 4) is 0 Å². The topological polar surface area (TPSA) is 24.7 Å². The van der Waals surface area contributed by atoms with Gasteiger partial charge in [0.15, 0.2) is 0 Å². The highest BCUT2D eigenvalue weighted by Gasteiger charge is 2.05. The Labute approximate surface area is 68.6 Å². The Morgan fingerprint density at radius 3 is 3.36 bits per heavy atom. The van der Waals surface area contributed by atoms with Gasteiger partial charge in [-0.15, -0.1) is 11.3 Å². The molecular weight excluding hydrogens is 156 g/mol. The van der Waals surface area contributed by atoms with Crippen molar-refractivity contribution in [3.05, 3.63) is 16.3 Å². The van der Waals surface area contributed by atoms with Crippen molar-refractivity contribution in [2.24, 2.45) is 9.98 Å². The number of allylic oxidation sites excluding steroid dienone is 1. The van der Waals surface area contributed by atoms with Gasteiger partial charge in [-0.05, 0) is 24.2 Å². The van der Waals surface area contributed by atoms with Gasteiger partial charge in [0.1, 0.15) is 6.34 Å². The zero-order valence-electron chi connectivity index (χ0n) is 6.03. The number of rotatable bonds is 0. The number of aliphatic imine (C=N–C) groups is 2. The molecule has 54 valence electrons. The van der Waals surface area contributed by atoms with Gasteiger partial charge in [-0.25, -0.2) is 4.99 Å². The molecule has 0 radical (unpaired) electrons. The molecule has 1 aromatic rings. The van der Waals surface area contributed by atoms with Crippen LogP contribution >= 0.6 is 11.3 Å². The lowest BCUT2D eigenvalue weighted by Crippen LogP contribution is -1.70. The molecule has 0 saturated carbocycles. The smallest absolute Gasteiger partial charge is 0.126 e. The Balaban J connectivity index is 2.71. The minimum absolute atomic E-state index is 1.00. The number of fused-ring (bicyclic) bond motifs is 1. The Morgan fingerprint density at radius 1 is 1.55 bits per heavy atom. The molecule has 0 unspecified atom stereocenters. The van der Waals surface area contributed by atoms with Gasteiger partial charge in [0.25, 0.3) is 0 Å². The third kappa shape index (κ3) is 1.04. The molecule has 11 heavy (non-hydrogen) atoms. The highest BCUT2D eigenvalue weighted by atomic mass is 32.1. The predicted octanol–water partition coefficient (Wildman–Crippen LogP) is 2.49. The van der Waals surface area contributed by atoms with E-state index in [1.54, 1.807) is 11.3 Å². The van der Waals surface area contributed by atoms with Gasteiger partial charge in [-0.1, -0.05) is 0 Å². The summed E-state index contributed by atoms with van der Waals surface area (Å²) in [7, 11) is 0. The van der Waals surface area contributed by atoms with E-state index in [0.29, 0.717) is 0 Å². The fraction of sp³-hybridized carbons (Fsp3) is 0.125. The maximum atomic E-state index is 4.13. The molecule has 0 amide bonds. The number of hydrogen-bond acceptors (Lipinski definition) is 3. The standard InChI is InChI=1S/C8H6N2S/c1-6-4-9-5-10-7-2-3-11-8(6)7/h2-3,5H,1H3. The minimum Gasteiger partial charge on any atom is -0.235 e. The van der Waals surface area contributed by atoms with Gasteiger partial charge in [0.2, 0.25) is 0 Å². The van der Waals surface area contributed by atoms with Crippen molar-refractivity contribution in [1.29, 1.82) is 0 Å². The molecule has 0 fully saturated rings. The summed E-state index contributed by atoms with van der Waals surface area (Å²) in [6.45, 7) is 1.99. The first-order valence-electron chi connectivity index (χ1n) is 3.28. The summed E-state index contributed by atoms with van der Waals surface area (Å²) in [6, 6.07) is 1.99. The van der Waals surface area contributed by atoms with Crippen LogP contribution in [0, 0.1) is 0 Å². The average Bonchev–Trinajstić information content (AvgIpc) is 2.40. The summed E-state index contributed by atoms with van der Waals surface area (Å²) >= 11 is 1.67. The van der Waals surface area contributed by atoms with Crippen LogP contribution in [0.4, 0.5) is 5.69 Å². The van der Waals surface area contributed by atoms with E-state index < -0.39 is 0 Å². The summed E-state index contributed by atoms with van der Waals surface area (Å²) in [5.74, 6) is 2.89. The van der Waals surface area contributed by atoms with Crippen molar-refractivity contribution < 1.29 is 0 Å². The van der Waals surface area contributed by atoms with E-state index in [2.05, 4.69) is 15.9 Å². The zero-order chi connectivity index (χ0) is 7.68. The zero-order valence-corrected chi connectivity index (χ0v) is 6.85. The molecule has 0 N–H and O–H groups in total. The third-order valence-corrected chi connectivity index (χ3v) is 2.50. The van der Waals surface area contributed by atoms with E-state index in [4.69, 9.17) is 0 Å². The first-order chi connectivity index (χ1) is 5.38. The number of thiophene rings is 1. The van der Waals surface area contributed by atoms with Crippen LogP contribution in [0.25, 0.3) is 5.57 Å². The molecule has 2 nitrogen and oxygen atoms in total. The predicted molar refractivity (Wildman–Crippen MR) is 49.0 cm³/mol. The lowest BCUT2D eigenvalue weighted by atomic mass is 10.2. The second kappa shape index (κ2) is 2.46. The number of hydrogen-bond donors (Lipinski definition) is 0. The molecule has 2 rings (SSSR count). The van der Waals surface area contributed by atoms with E-state index >= 15 is 0 Å². The Morgan fingerprint density at radius 2 is 2.45 bits per heavy atom. The van der Waals surface area contributed by atoms with Crippen LogP contribution in [-0.4, -0.2) is 12.2 Å². The van der Waals surface area contributed by atoms with Crippen LogP contribution in [0.15, 0.2) is 21.4 Å². The largest absolute Gasteiger partial charge is 0.235 e. The summed E-state index contributed by atoms with van der Waals surface area (Å²) in [5.41, 5.74) is 2.06. The summed E-state index contributed by atoms with van der Waals surface area (Å²) in [4.78, 5) is 9.17. The van der Waals surface area contributed by atoms with Gasteiger partial charge in [0, 0.05) is 5.57 Å². The summed E-state index contributed by atoms with van der Waals surface area (Å²) in [5, 5.41) is 2.03. The SMILES string of the molecule is CC1=C=NC=Nc2ccsc21. The monoisotopic (exact) mass is 162 g/mol. The second-order valence-electron chi connectivity index (χ2n) is 2.25. The van der Waals surface area contributed by atoms with Crippen molar-refractivity contribution in [1.82, 2.24) is 0 Å². The van der Waals surface area contributed by atoms with Crippen molar-refractivity contribution >= 4 is 34.8 Å². The van der Waals surface area contributed by atoms with Crippen LogP contribution in [-0.2, 0) is 0 Å². The molecule has 0 saturated heterocycles. The maximum absolute atomic E-state index is 4.13. The molecule has 0 bridgehead atoms. The molecule has 1 aliphatic heterocycles. The Hall–Kier alpha value is -1.18. The second-order valence-corrected chi connectivity index (χ2v) is 3.16. The fourth-order valence-corrected chi connectivity index (χ4v) is 1.75. The quantitative estimate of drug-likeness (QED) is 0.560. The lowest BCUT2D eigenvalue weighted by Gasteiger charge is -1.91. The van der Waals surface area contributed by atoms with Crippen LogP contribution in [0.2, 0.25) is 0 Å². The van der Waals surface area contributed by atoms with E-state index in [0.717, 1.165) is 11.3 Å². The average molecular weight is 162 g/mol. The first-order valence-corrected chi connectivity index (χ1v) is 4.16. The van der Waals surface area contributed by atoms with Crippen LogP contribution in [0.3, 0.4) is 0 Å². The molecule has 1 aliphatic rings. The van der Waals surface area contributed by atoms with E-state index in [9.17, 15) is 0 Å². The van der Waals surface area contributed by atoms with E-state index in [1.807, 2.05) is 18.4 Å². The molecule has 0 aliphatic carbocycles. The van der Waals surface area contributed by atoms with E-state index in [-0.39, 0.29) is 0 Å². The van der Waals surface area contributed by atoms with Gasteiger partial charge < -0.3 is 0 Å². The molecular formula is C8H6N2S. The Bertz CT molecular complexity index is 367. The van der Waals surface area contributed by atoms with Gasteiger partial charge in [-0.2, -0.15) is 4.99 Å². The van der Waals surface area contributed by atoms with Crippen LogP contribution in [0.5, 0.6) is 0 Å². The molecule has 0 aromatic carbocycles. The molecule has 0 spiro atoms. The van der Waals surface area contributed by atoms with Crippen molar-refractivity contribution in [2.75, 3.05) is 0 Å². The number of nitrogens with zero attached hydrogens (tertiary/aromatic N) is 2. The van der Waals surface area contributed by atoms with Gasteiger partial charge in [0.05, 0.1) is 10.6 Å². The van der Waals surface area contributed by atoms with Crippen molar-refractivity contribution in [3.63, 3.8) is 0 Å². The van der Waals surface area contributed by atoms with Crippen LogP contribution < -0.4 is 0 Å². The Kier molecular flexibility index (Phi) is 1.46. The van der Waals surface area contributed by atoms with Crippen LogP contribution in [0.1, 0.15) is 11.8 Å². The molecule has 3 heteroatoms. The first kappa shape index (κ1) is 6.53. The minimum atomic E-state index is 1.00. The maximum Gasteiger partial charge on any atom is 0.126 e. The fourth-order valence-electron chi connectivity index (χ4n) is 0.952. The summed E-state index contributed by atoms with van der Waals surface area (Å²) in [6.07, 6.45) is 1.53. The molecule has 0 atom stereocenters. The highest BCUT2D eigenvalue weighted by molar-refractivity contribution is 7.11. The van der Waals surface area contributed by atoms with E-state index in [1.165, 1.54) is 11.2 Å². The molecule has 1 aromatic heterocycles. The molecule has 2 heterocycles. The lowest BCUT2D eigenvalue weighted by molar-refractivity contribution is 1.56. The van der Waals surface area contributed by atoms with Gasteiger partial charge in [-0.3, -0.25) is 0 Å². The third-order valence-electron chi connectivity index (χ3n) is 1.47.